The van der Waals surface area contributed by atoms with Crippen LogP contribution in [0.15, 0.2) is 54.6 Å². The second kappa shape index (κ2) is 10.6. The highest BCUT2D eigenvalue weighted by atomic mass is 16.5. The largest absolute Gasteiger partial charge is 0.493 e. The van der Waals surface area contributed by atoms with Crippen LogP contribution in [0.5, 0.6) is 5.75 Å². The van der Waals surface area contributed by atoms with Crippen molar-refractivity contribution in [3.63, 3.8) is 0 Å². The third-order valence-electron chi connectivity index (χ3n) is 2.74. The fraction of sp³-hybridized carbons (Fsp3) is 0.278. The van der Waals surface area contributed by atoms with Crippen LogP contribution >= 0.6 is 0 Å². The van der Waals surface area contributed by atoms with Gasteiger partial charge >= 0.3 is 0 Å². The summed E-state index contributed by atoms with van der Waals surface area (Å²) in [6.07, 6.45) is 2.95. The Balaban J connectivity index is 0.000000205. The summed E-state index contributed by atoms with van der Waals surface area (Å²) < 4.78 is 9.66. The van der Waals surface area contributed by atoms with Crippen molar-refractivity contribution in [1.82, 2.24) is 0 Å². The number of aldehydes is 1. The van der Waals surface area contributed by atoms with E-state index in [1.807, 2.05) is 48.5 Å². The van der Waals surface area contributed by atoms with E-state index in [9.17, 15) is 4.79 Å². The first kappa shape index (κ1) is 16.9. The van der Waals surface area contributed by atoms with Crippen molar-refractivity contribution in [3.8, 4) is 5.75 Å². The lowest BCUT2D eigenvalue weighted by atomic mass is 10.0. The molecule has 112 valence electrons. The molecule has 0 saturated carbocycles. The highest BCUT2D eigenvalue weighted by Crippen LogP contribution is 2.24. The van der Waals surface area contributed by atoms with E-state index in [0.717, 1.165) is 42.6 Å². The average molecular weight is 286 g/mol. The Labute approximate surface area is 126 Å². The van der Waals surface area contributed by atoms with E-state index in [2.05, 4.69) is 4.74 Å². The van der Waals surface area contributed by atoms with Gasteiger partial charge in [-0.3, -0.25) is 4.79 Å². The van der Waals surface area contributed by atoms with Crippen molar-refractivity contribution in [2.75, 3.05) is 20.8 Å². The molecule has 1 heterocycles. The summed E-state index contributed by atoms with van der Waals surface area (Å²) >= 11 is 0. The van der Waals surface area contributed by atoms with Crippen LogP contribution in [-0.4, -0.2) is 27.1 Å². The lowest BCUT2D eigenvalue weighted by molar-refractivity contribution is 0.112. The minimum atomic E-state index is 0.735. The molecule has 0 fully saturated rings. The molecule has 0 saturated heterocycles. The number of rotatable bonds is 1. The average Bonchev–Trinajstić information content (AvgIpc) is 2.57. The molecule has 1 aliphatic heterocycles. The molecule has 3 rings (SSSR count). The Morgan fingerprint density at radius 1 is 1.05 bits per heavy atom. The Kier molecular flexibility index (Phi) is 8.57. The zero-order chi connectivity index (χ0) is 15.3. The van der Waals surface area contributed by atoms with Gasteiger partial charge in [0.25, 0.3) is 0 Å². The van der Waals surface area contributed by atoms with Crippen LogP contribution in [0.2, 0.25) is 0 Å². The Morgan fingerprint density at radius 3 is 2.14 bits per heavy atom. The summed E-state index contributed by atoms with van der Waals surface area (Å²) in [5.41, 5.74) is 1.89. The number of benzene rings is 2. The molecule has 0 amide bonds. The van der Waals surface area contributed by atoms with Crippen LogP contribution in [-0.2, 0) is 11.2 Å². The molecule has 3 heteroatoms. The maximum atomic E-state index is 10.5. The van der Waals surface area contributed by atoms with Gasteiger partial charge in [0.15, 0.2) is 0 Å². The predicted octanol–water partition coefficient (Wildman–Crippen LogP) is 3.77. The number of carbonyl (C=O) groups excluding carboxylic acids is 1. The molecule has 0 bridgehead atoms. The second-order valence-corrected chi connectivity index (χ2v) is 4.50. The van der Waals surface area contributed by atoms with E-state index < -0.39 is 0 Å². The normalized spacial score (nSPS) is 11.5. The van der Waals surface area contributed by atoms with Crippen LogP contribution in [0, 0.1) is 0 Å². The first-order valence-electron chi connectivity index (χ1n) is 6.93. The first-order valence-corrected chi connectivity index (χ1v) is 6.93. The van der Waals surface area contributed by atoms with E-state index in [4.69, 9.17) is 4.74 Å². The summed E-state index contributed by atoms with van der Waals surface area (Å²) in [7, 11) is 3.25. The van der Waals surface area contributed by atoms with Crippen molar-refractivity contribution in [2.24, 2.45) is 0 Å². The fourth-order valence-electron chi connectivity index (χ4n) is 1.84. The molecular formula is C18H22O3. The smallest absolute Gasteiger partial charge is 0.150 e. The Bertz CT molecular complexity index is 482. The molecule has 0 spiro atoms. The summed E-state index contributed by atoms with van der Waals surface area (Å²) in [5.74, 6) is 0.937. The van der Waals surface area contributed by atoms with E-state index >= 15 is 0 Å². The van der Waals surface area contributed by atoms with Gasteiger partial charge in [-0.05, 0) is 36.6 Å². The number of hydrogen-bond donors (Lipinski definition) is 0. The summed E-state index contributed by atoms with van der Waals surface area (Å²) in [6, 6.07) is 17.6. The number of hydrogen-bond acceptors (Lipinski definition) is 3. The molecule has 21 heavy (non-hydrogen) atoms. The van der Waals surface area contributed by atoms with E-state index in [-0.39, 0.29) is 0 Å². The van der Waals surface area contributed by atoms with Crippen molar-refractivity contribution in [1.29, 1.82) is 0 Å². The third kappa shape index (κ3) is 6.72. The summed E-state index contributed by atoms with van der Waals surface area (Å²) in [6.45, 7) is 0.799. The molecule has 0 atom stereocenters. The maximum Gasteiger partial charge on any atom is 0.150 e. The maximum absolute atomic E-state index is 10.5. The highest BCUT2D eigenvalue weighted by molar-refractivity contribution is 5.75. The molecular weight excluding hydrogens is 264 g/mol. The fourth-order valence-corrected chi connectivity index (χ4v) is 1.84. The van der Waals surface area contributed by atoms with E-state index in [1.54, 1.807) is 20.3 Å². The van der Waals surface area contributed by atoms with Crippen LogP contribution in [0.25, 0.3) is 0 Å². The monoisotopic (exact) mass is 286 g/mol. The quantitative estimate of drug-likeness (QED) is 0.749. The number of aryl methyl sites for hydroxylation is 1. The molecule has 3 nitrogen and oxygen atoms in total. The van der Waals surface area contributed by atoms with Crippen LogP contribution < -0.4 is 4.74 Å². The predicted molar refractivity (Wildman–Crippen MR) is 85.0 cm³/mol. The molecule has 0 aliphatic carbocycles. The van der Waals surface area contributed by atoms with Gasteiger partial charge in [0, 0.05) is 19.8 Å². The molecule has 2 aromatic rings. The van der Waals surface area contributed by atoms with Gasteiger partial charge in [0.2, 0.25) is 0 Å². The molecule has 0 aromatic heterocycles. The Hall–Kier alpha value is -2.13. The summed E-state index contributed by atoms with van der Waals surface area (Å²) in [4.78, 5) is 10.5. The second-order valence-electron chi connectivity index (χ2n) is 4.50. The van der Waals surface area contributed by atoms with Gasteiger partial charge in [-0.25, -0.2) is 0 Å². The topological polar surface area (TPSA) is 35.5 Å². The van der Waals surface area contributed by atoms with Gasteiger partial charge in [-0.1, -0.05) is 36.4 Å². The van der Waals surface area contributed by atoms with Crippen molar-refractivity contribution < 1.29 is 14.3 Å². The zero-order valence-electron chi connectivity index (χ0n) is 12.6. The van der Waals surface area contributed by atoms with E-state index in [1.165, 1.54) is 0 Å². The molecule has 0 N–H and O–H groups in total. The van der Waals surface area contributed by atoms with Crippen molar-refractivity contribution in [2.45, 2.75) is 12.8 Å². The van der Waals surface area contributed by atoms with Crippen molar-refractivity contribution in [3.05, 3.63) is 65.7 Å². The van der Waals surface area contributed by atoms with Gasteiger partial charge in [0.05, 0.1) is 6.61 Å². The van der Waals surface area contributed by atoms with Gasteiger partial charge < -0.3 is 9.47 Å². The molecule has 0 radical (unpaired) electrons. The third-order valence-corrected chi connectivity index (χ3v) is 2.74. The lowest BCUT2D eigenvalue weighted by Crippen LogP contribution is -2.08. The number of ether oxygens (including phenoxy) is 2. The number of fused-ring (bicyclic) bond motifs is 1. The van der Waals surface area contributed by atoms with Crippen molar-refractivity contribution >= 4 is 6.29 Å². The Morgan fingerprint density at radius 2 is 1.62 bits per heavy atom. The van der Waals surface area contributed by atoms with Gasteiger partial charge in [-0.2, -0.15) is 0 Å². The van der Waals surface area contributed by atoms with Crippen LogP contribution in [0.4, 0.5) is 0 Å². The van der Waals surface area contributed by atoms with Gasteiger partial charge in [0.1, 0.15) is 12.0 Å². The minimum Gasteiger partial charge on any atom is -0.493 e. The van der Waals surface area contributed by atoms with Crippen LogP contribution in [0.3, 0.4) is 0 Å². The minimum absolute atomic E-state index is 0.735. The number of methoxy groups -OCH3 is 1. The lowest BCUT2D eigenvalue weighted by Gasteiger charge is -2.16. The van der Waals surface area contributed by atoms with Crippen LogP contribution in [0.1, 0.15) is 22.3 Å². The van der Waals surface area contributed by atoms with E-state index in [0.29, 0.717) is 0 Å². The van der Waals surface area contributed by atoms with Gasteiger partial charge in [-0.15, -0.1) is 0 Å². The molecule has 1 aliphatic rings. The molecule has 2 aromatic carbocycles. The standard InChI is InChI=1S/C10H10O2.C6H6.C2H6O/c11-7-8-3-4-10-9(6-8)2-1-5-12-10;1-2-4-6-5-3-1;1-3-2/h3-4,6-7H,1-2,5H2;1-6H;1-2H3. The number of carbonyl (C=O) groups is 1. The highest BCUT2D eigenvalue weighted by Gasteiger charge is 2.09. The molecule has 0 unspecified atom stereocenters. The summed E-state index contributed by atoms with van der Waals surface area (Å²) in [5, 5.41) is 0. The first-order chi connectivity index (χ1) is 10.3. The zero-order valence-corrected chi connectivity index (χ0v) is 12.6. The SMILES string of the molecule is COC.O=Cc1ccc2c(c1)CCCO2.c1ccccc1.